The average molecular weight is 328 g/mol. The Hall–Kier alpha value is -2.86. The lowest BCUT2D eigenvalue weighted by Crippen LogP contribution is -2.39. The van der Waals surface area contributed by atoms with Crippen molar-refractivity contribution in [1.29, 1.82) is 0 Å². The smallest absolute Gasteiger partial charge is 0.274 e. The third-order valence-corrected chi connectivity index (χ3v) is 3.38. The molecule has 2 amide bonds. The molecule has 0 aliphatic heterocycles. The zero-order valence-corrected chi connectivity index (χ0v) is 13.4. The van der Waals surface area contributed by atoms with Crippen molar-refractivity contribution in [2.75, 3.05) is 0 Å². The SMILES string of the molecule is CCCC(NC(=O)c1ccccc1)Oc1ccc(C(=O)NO)cc1. The van der Waals surface area contributed by atoms with Crippen LogP contribution in [0.3, 0.4) is 0 Å². The van der Waals surface area contributed by atoms with Crippen molar-refractivity contribution in [1.82, 2.24) is 10.8 Å². The summed E-state index contributed by atoms with van der Waals surface area (Å²) in [7, 11) is 0. The molecule has 0 radical (unpaired) electrons. The Bertz CT molecular complexity index is 671. The molecule has 2 aromatic carbocycles. The summed E-state index contributed by atoms with van der Waals surface area (Å²) in [6.45, 7) is 2.00. The van der Waals surface area contributed by atoms with E-state index in [2.05, 4.69) is 5.32 Å². The average Bonchev–Trinajstić information content (AvgIpc) is 2.62. The van der Waals surface area contributed by atoms with E-state index in [4.69, 9.17) is 9.94 Å². The number of hydroxylamine groups is 1. The largest absolute Gasteiger partial charge is 0.471 e. The van der Waals surface area contributed by atoms with Crippen LogP contribution in [0.2, 0.25) is 0 Å². The maximum atomic E-state index is 12.2. The molecule has 126 valence electrons. The first kappa shape index (κ1) is 17.5. The third-order valence-electron chi connectivity index (χ3n) is 3.38. The third kappa shape index (κ3) is 4.82. The predicted octanol–water partition coefficient (Wildman–Crippen LogP) is 2.74. The van der Waals surface area contributed by atoms with E-state index < -0.39 is 12.1 Å². The first-order valence-electron chi connectivity index (χ1n) is 7.71. The molecule has 2 aromatic rings. The van der Waals surface area contributed by atoms with Crippen molar-refractivity contribution >= 4 is 11.8 Å². The van der Waals surface area contributed by atoms with Crippen LogP contribution in [0.25, 0.3) is 0 Å². The van der Waals surface area contributed by atoms with Gasteiger partial charge in [0, 0.05) is 17.5 Å². The number of benzene rings is 2. The first-order valence-corrected chi connectivity index (χ1v) is 7.71. The predicted molar refractivity (Wildman–Crippen MR) is 88.9 cm³/mol. The number of hydrogen-bond donors (Lipinski definition) is 3. The van der Waals surface area contributed by atoms with Crippen LogP contribution in [0.15, 0.2) is 54.6 Å². The molecule has 2 rings (SSSR count). The molecule has 1 atom stereocenters. The summed E-state index contributed by atoms with van der Waals surface area (Å²) >= 11 is 0. The lowest BCUT2D eigenvalue weighted by atomic mass is 10.2. The second kappa shape index (κ2) is 8.69. The number of ether oxygens (including phenoxy) is 1. The summed E-state index contributed by atoms with van der Waals surface area (Å²) in [5, 5.41) is 11.5. The van der Waals surface area contributed by atoms with E-state index in [1.165, 1.54) is 12.1 Å². The molecule has 0 spiro atoms. The summed E-state index contributed by atoms with van der Waals surface area (Å²) in [5.74, 6) is -0.273. The normalized spacial score (nSPS) is 11.4. The fourth-order valence-corrected chi connectivity index (χ4v) is 2.16. The highest BCUT2D eigenvalue weighted by molar-refractivity contribution is 5.94. The second-order valence-electron chi connectivity index (χ2n) is 5.20. The van der Waals surface area contributed by atoms with Crippen molar-refractivity contribution in [3.05, 3.63) is 65.7 Å². The highest BCUT2D eigenvalue weighted by Crippen LogP contribution is 2.15. The molecule has 1 unspecified atom stereocenters. The molecule has 0 aliphatic carbocycles. The van der Waals surface area contributed by atoms with Gasteiger partial charge in [-0.25, -0.2) is 5.48 Å². The maximum absolute atomic E-state index is 12.2. The van der Waals surface area contributed by atoms with Crippen molar-refractivity contribution in [2.45, 2.75) is 26.0 Å². The highest BCUT2D eigenvalue weighted by atomic mass is 16.5. The Labute approximate surface area is 140 Å². The molecule has 0 fully saturated rings. The van der Waals surface area contributed by atoms with E-state index in [-0.39, 0.29) is 5.91 Å². The lowest BCUT2D eigenvalue weighted by Gasteiger charge is -2.20. The van der Waals surface area contributed by atoms with Gasteiger partial charge in [0.15, 0.2) is 6.23 Å². The molecule has 0 aromatic heterocycles. The van der Waals surface area contributed by atoms with Gasteiger partial charge in [-0.3, -0.25) is 14.8 Å². The minimum absolute atomic E-state index is 0.203. The molecule has 6 nitrogen and oxygen atoms in total. The standard InChI is InChI=1S/C18H20N2O4/c1-2-6-16(19-17(21)13-7-4-3-5-8-13)24-15-11-9-14(10-12-15)18(22)20-23/h3-5,7-12,16,23H,2,6H2,1H3,(H,19,21)(H,20,22). The Morgan fingerprint density at radius 3 is 2.21 bits per heavy atom. The van der Waals surface area contributed by atoms with Gasteiger partial charge >= 0.3 is 0 Å². The quantitative estimate of drug-likeness (QED) is 0.414. The summed E-state index contributed by atoms with van der Waals surface area (Å²) in [4.78, 5) is 23.5. The molecular formula is C18H20N2O4. The maximum Gasteiger partial charge on any atom is 0.274 e. The topological polar surface area (TPSA) is 87.7 Å². The molecular weight excluding hydrogens is 308 g/mol. The molecule has 0 saturated heterocycles. The minimum Gasteiger partial charge on any atom is -0.471 e. The van der Waals surface area contributed by atoms with Gasteiger partial charge in [0.1, 0.15) is 5.75 Å². The zero-order chi connectivity index (χ0) is 17.4. The number of amides is 2. The van der Waals surface area contributed by atoms with E-state index in [1.807, 2.05) is 13.0 Å². The van der Waals surface area contributed by atoms with Gasteiger partial charge in [0.25, 0.3) is 11.8 Å². The highest BCUT2D eigenvalue weighted by Gasteiger charge is 2.14. The number of hydrogen-bond acceptors (Lipinski definition) is 4. The van der Waals surface area contributed by atoms with Gasteiger partial charge in [-0.2, -0.15) is 0 Å². The van der Waals surface area contributed by atoms with Crippen molar-refractivity contribution in [3.8, 4) is 5.75 Å². The van der Waals surface area contributed by atoms with E-state index >= 15 is 0 Å². The summed E-state index contributed by atoms with van der Waals surface area (Å²) in [6, 6.07) is 15.2. The van der Waals surface area contributed by atoms with Crippen molar-refractivity contribution < 1.29 is 19.5 Å². The Balaban J connectivity index is 2.02. The van der Waals surface area contributed by atoms with Crippen LogP contribution in [0.1, 0.15) is 40.5 Å². The van der Waals surface area contributed by atoms with E-state index in [0.29, 0.717) is 23.3 Å². The second-order valence-corrected chi connectivity index (χ2v) is 5.20. The van der Waals surface area contributed by atoms with Crippen LogP contribution in [0, 0.1) is 0 Å². The van der Waals surface area contributed by atoms with Gasteiger partial charge in [0.05, 0.1) is 0 Å². The van der Waals surface area contributed by atoms with E-state index in [0.717, 1.165) is 6.42 Å². The molecule has 6 heteroatoms. The Morgan fingerprint density at radius 1 is 1.00 bits per heavy atom. The van der Waals surface area contributed by atoms with Crippen LogP contribution < -0.4 is 15.5 Å². The minimum atomic E-state index is -0.593. The Kier molecular flexibility index (Phi) is 6.33. The summed E-state index contributed by atoms with van der Waals surface area (Å²) < 4.78 is 5.79. The molecule has 24 heavy (non-hydrogen) atoms. The van der Waals surface area contributed by atoms with Crippen LogP contribution in [-0.2, 0) is 0 Å². The molecule has 0 bridgehead atoms. The monoisotopic (exact) mass is 328 g/mol. The van der Waals surface area contributed by atoms with Crippen molar-refractivity contribution in [2.24, 2.45) is 0 Å². The Morgan fingerprint density at radius 2 is 1.62 bits per heavy atom. The molecule has 0 heterocycles. The van der Waals surface area contributed by atoms with Gasteiger partial charge < -0.3 is 10.1 Å². The molecule has 0 aliphatic rings. The first-order chi connectivity index (χ1) is 11.6. The lowest BCUT2D eigenvalue weighted by molar-refractivity contribution is 0.0706. The van der Waals surface area contributed by atoms with Crippen LogP contribution >= 0.6 is 0 Å². The van der Waals surface area contributed by atoms with Gasteiger partial charge in [-0.15, -0.1) is 0 Å². The van der Waals surface area contributed by atoms with Crippen molar-refractivity contribution in [3.63, 3.8) is 0 Å². The number of nitrogens with one attached hydrogen (secondary N) is 2. The summed E-state index contributed by atoms with van der Waals surface area (Å²) in [6.07, 6.45) is 1.02. The van der Waals surface area contributed by atoms with Gasteiger partial charge in [-0.1, -0.05) is 31.5 Å². The van der Waals surface area contributed by atoms with E-state index in [9.17, 15) is 9.59 Å². The molecule has 0 saturated carbocycles. The van der Waals surface area contributed by atoms with E-state index in [1.54, 1.807) is 41.9 Å². The number of carbonyl (C=O) groups excluding carboxylic acids is 2. The van der Waals surface area contributed by atoms with Crippen LogP contribution in [0.5, 0.6) is 5.75 Å². The number of carbonyl (C=O) groups is 2. The zero-order valence-electron chi connectivity index (χ0n) is 13.4. The summed E-state index contributed by atoms with van der Waals surface area (Å²) in [5.41, 5.74) is 2.45. The van der Waals surface area contributed by atoms with Gasteiger partial charge in [-0.05, 0) is 36.4 Å². The van der Waals surface area contributed by atoms with Gasteiger partial charge in [0.2, 0.25) is 0 Å². The fraction of sp³-hybridized carbons (Fsp3) is 0.222. The van der Waals surface area contributed by atoms with Crippen LogP contribution in [-0.4, -0.2) is 23.2 Å². The van der Waals surface area contributed by atoms with Crippen LogP contribution in [0.4, 0.5) is 0 Å². The molecule has 3 N–H and O–H groups in total. The fourth-order valence-electron chi connectivity index (χ4n) is 2.16. The number of rotatable bonds is 7.